The van der Waals surface area contributed by atoms with Crippen LogP contribution in [-0.2, 0) is 9.59 Å². The SMILES string of the molecule is O=C(NCCC(=O)N1CCC[C@@H](COc2ccc(-c3ccn[nH]3)nc2)C1)C1CC1. The molecule has 0 aromatic carbocycles. The number of nitrogens with zero attached hydrogens (tertiary/aromatic N) is 3. The van der Waals surface area contributed by atoms with Gasteiger partial charge in [0.1, 0.15) is 5.75 Å². The Labute approximate surface area is 170 Å². The largest absolute Gasteiger partial charge is 0.492 e. The molecule has 0 spiro atoms. The predicted molar refractivity (Wildman–Crippen MR) is 107 cm³/mol. The fourth-order valence-corrected chi connectivity index (χ4v) is 3.61. The fraction of sp³-hybridized carbons (Fsp3) is 0.524. The molecule has 1 saturated carbocycles. The van der Waals surface area contributed by atoms with Gasteiger partial charge in [-0.25, -0.2) is 0 Å². The first-order valence-corrected chi connectivity index (χ1v) is 10.3. The van der Waals surface area contributed by atoms with E-state index in [9.17, 15) is 9.59 Å². The van der Waals surface area contributed by atoms with Gasteiger partial charge in [0.15, 0.2) is 0 Å². The lowest BCUT2D eigenvalue weighted by Crippen LogP contribution is -2.42. The Hall–Kier alpha value is -2.90. The number of amides is 2. The molecular formula is C21H27N5O3. The molecule has 0 radical (unpaired) electrons. The van der Waals surface area contributed by atoms with Crippen molar-refractivity contribution < 1.29 is 14.3 Å². The number of carbonyl (C=O) groups is 2. The van der Waals surface area contributed by atoms with Crippen LogP contribution in [0.1, 0.15) is 32.1 Å². The second-order valence-corrected chi connectivity index (χ2v) is 7.82. The van der Waals surface area contributed by atoms with Gasteiger partial charge >= 0.3 is 0 Å². The number of H-pyrrole nitrogens is 1. The third kappa shape index (κ3) is 5.34. The molecule has 0 unspecified atom stereocenters. The van der Waals surface area contributed by atoms with E-state index in [0.717, 1.165) is 49.4 Å². The second kappa shape index (κ2) is 9.07. The van der Waals surface area contributed by atoms with Crippen molar-refractivity contribution in [3.05, 3.63) is 30.6 Å². The number of hydrogen-bond acceptors (Lipinski definition) is 5. The number of ether oxygens (including phenoxy) is 1. The van der Waals surface area contributed by atoms with E-state index in [1.807, 2.05) is 23.1 Å². The molecular weight excluding hydrogens is 370 g/mol. The van der Waals surface area contributed by atoms with Crippen LogP contribution in [0.2, 0.25) is 0 Å². The van der Waals surface area contributed by atoms with Gasteiger partial charge in [-0.1, -0.05) is 0 Å². The summed E-state index contributed by atoms with van der Waals surface area (Å²) >= 11 is 0. The summed E-state index contributed by atoms with van der Waals surface area (Å²) in [5, 5.41) is 9.68. The first kappa shape index (κ1) is 19.4. The van der Waals surface area contributed by atoms with E-state index in [2.05, 4.69) is 20.5 Å². The maximum atomic E-state index is 12.5. The molecule has 1 atom stereocenters. The molecule has 3 heterocycles. The van der Waals surface area contributed by atoms with E-state index >= 15 is 0 Å². The third-order valence-corrected chi connectivity index (χ3v) is 5.46. The number of rotatable bonds is 8. The third-order valence-electron chi connectivity index (χ3n) is 5.46. The number of aromatic amines is 1. The number of carbonyl (C=O) groups excluding carboxylic acids is 2. The summed E-state index contributed by atoms with van der Waals surface area (Å²) in [6, 6.07) is 5.67. The minimum absolute atomic E-state index is 0.0925. The Morgan fingerprint density at radius 1 is 1.24 bits per heavy atom. The fourth-order valence-electron chi connectivity index (χ4n) is 3.61. The van der Waals surface area contributed by atoms with E-state index in [4.69, 9.17) is 4.74 Å². The van der Waals surface area contributed by atoms with Gasteiger partial charge in [0.05, 0.1) is 24.2 Å². The molecule has 2 aromatic rings. The standard InChI is InChI=1S/C21H27N5O3/c27-20(8-9-22-21(28)16-3-4-16)26-11-1-2-15(13-26)14-29-17-5-6-18(23-12-17)19-7-10-24-25-19/h5-7,10,12,15-16H,1-4,8-9,11,13-14H2,(H,22,28)(H,24,25)/t15-/m1/s1. The highest BCUT2D eigenvalue weighted by atomic mass is 16.5. The molecule has 4 rings (SSSR count). The molecule has 8 nitrogen and oxygen atoms in total. The highest BCUT2D eigenvalue weighted by Gasteiger charge is 2.29. The van der Waals surface area contributed by atoms with Gasteiger partial charge in [-0.2, -0.15) is 5.10 Å². The number of pyridine rings is 1. The van der Waals surface area contributed by atoms with Crippen LogP contribution in [0.4, 0.5) is 0 Å². The number of piperidine rings is 1. The lowest BCUT2D eigenvalue weighted by molar-refractivity contribution is -0.133. The van der Waals surface area contributed by atoms with Crippen LogP contribution < -0.4 is 10.1 Å². The Bertz CT molecular complexity index is 817. The van der Waals surface area contributed by atoms with Crippen molar-refractivity contribution in [1.82, 2.24) is 25.4 Å². The molecule has 2 fully saturated rings. The van der Waals surface area contributed by atoms with Crippen molar-refractivity contribution in [3.63, 3.8) is 0 Å². The zero-order valence-electron chi connectivity index (χ0n) is 16.5. The number of likely N-dealkylation sites (tertiary alicyclic amines) is 1. The lowest BCUT2D eigenvalue weighted by Gasteiger charge is -2.32. The number of aromatic nitrogens is 3. The Kier molecular flexibility index (Phi) is 6.07. The van der Waals surface area contributed by atoms with Crippen molar-refractivity contribution in [3.8, 4) is 17.1 Å². The average molecular weight is 397 g/mol. The van der Waals surface area contributed by atoms with Crippen molar-refractivity contribution in [2.75, 3.05) is 26.2 Å². The van der Waals surface area contributed by atoms with Gasteiger partial charge in [-0.15, -0.1) is 0 Å². The van der Waals surface area contributed by atoms with E-state index in [1.54, 1.807) is 12.4 Å². The maximum Gasteiger partial charge on any atom is 0.224 e. The summed E-state index contributed by atoms with van der Waals surface area (Å²) in [6.07, 6.45) is 7.76. The topological polar surface area (TPSA) is 100 Å². The van der Waals surface area contributed by atoms with E-state index < -0.39 is 0 Å². The van der Waals surface area contributed by atoms with Crippen LogP contribution in [0.15, 0.2) is 30.6 Å². The van der Waals surface area contributed by atoms with Crippen LogP contribution in [0.3, 0.4) is 0 Å². The van der Waals surface area contributed by atoms with Crippen LogP contribution in [-0.4, -0.2) is 58.1 Å². The first-order chi connectivity index (χ1) is 14.2. The second-order valence-electron chi connectivity index (χ2n) is 7.82. The summed E-state index contributed by atoms with van der Waals surface area (Å²) < 4.78 is 5.91. The van der Waals surface area contributed by atoms with Crippen molar-refractivity contribution in [2.24, 2.45) is 11.8 Å². The van der Waals surface area contributed by atoms with Crippen LogP contribution in [0, 0.1) is 11.8 Å². The minimum Gasteiger partial charge on any atom is -0.492 e. The predicted octanol–water partition coefficient (Wildman–Crippen LogP) is 2.01. The number of nitrogens with one attached hydrogen (secondary N) is 2. The Morgan fingerprint density at radius 3 is 2.86 bits per heavy atom. The van der Waals surface area contributed by atoms with E-state index in [0.29, 0.717) is 32.0 Å². The van der Waals surface area contributed by atoms with Gasteiger partial charge < -0.3 is 15.0 Å². The minimum atomic E-state index is 0.0925. The van der Waals surface area contributed by atoms with Gasteiger partial charge in [0.2, 0.25) is 11.8 Å². The average Bonchev–Trinajstić information content (AvgIpc) is 3.47. The molecule has 1 saturated heterocycles. The normalized spacial score (nSPS) is 19.0. The molecule has 2 amide bonds. The number of hydrogen-bond donors (Lipinski definition) is 2. The monoisotopic (exact) mass is 397 g/mol. The van der Waals surface area contributed by atoms with Crippen LogP contribution in [0.25, 0.3) is 11.4 Å². The highest BCUT2D eigenvalue weighted by molar-refractivity contribution is 5.82. The van der Waals surface area contributed by atoms with Crippen LogP contribution >= 0.6 is 0 Å². The van der Waals surface area contributed by atoms with E-state index in [1.165, 1.54) is 0 Å². The maximum absolute atomic E-state index is 12.5. The summed E-state index contributed by atoms with van der Waals surface area (Å²) in [4.78, 5) is 30.4. The zero-order valence-corrected chi connectivity index (χ0v) is 16.5. The molecule has 8 heteroatoms. The zero-order chi connectivity index (χ0) is 20.1. The van der Waals surface area contributed by atoms with E-state index in [-0.39, 0.29) is 17.7 Å². The van der Waals surface area contributed by atoms with Gasteiger partial charge in [0.25, 0.3) is 0 Å². The van der Waals surface area contributed by atoms with Crippen molar-refractivity contribution >= 4 is 11.8 Å². The summed E-state index contributed by atoms with van der Waals surface area (Å²) in [5.74, 6) is 1.41. The first-order valence-electron chi connectivity index (χ1n) is 10.3. The highest BCUT2D eigenvalue weighted by Crippen LogP contribution is 2.28. The molecule has 154 valence electrons. The lowest BCUT2D eigenvalue weighted by atomic mass is 9.98. The Balaban J connectivity index is 1.20. The molecule has 2 aliphatic rings. The van der Waals surface area contributed by atoms with Crippen molar-refractivity contribution in [1.29, 1.82) is 0 Å². The molecule has 2 N–H and O–H groups in total. The summed E-state index contributed by atoms with van der Waals surface area (Å²) in [5.41, 5.74) is 1.68. The molecule has 1 aliphatic heterocycles. The van der Waals surface area contributed by atoms with Gasteiger partial charge in [-0.3, -0.25) is 19.7 Å². The van der Waals surface area contributed by atoms with Crippen molar-refractivity contribution in [2.45, 2.75) is 32.1 Å². The van der Waals surface area contributed by atoms with Gasteiger partial charge in [-0.05, 0) is 43.9 Å². The molecule has 29 heavy (non-hydrogen) atoms. The van der Waals surface area contributed by atoms with Crippen LogP contribution in [0.5, 0.6) is 5.75 Å². The summed E-state index contributed by atoms with van der Waals surface area (Å²) in [7, 11) is 0. The molecule has 2 aromatic heterocycles. The smallest absolute Gasteiger partial charge is 0.224 e. The quantitative estimate of drug-likeness (QED) is 0.710. The van der Waals surface area contributed by atoms with Gasteiger partial charge in [0, 0.05) is 44.1 Å². The summed E-state index contributed by atoms with van der Waals surface area (Å²) in [6.45, 7) is 2.48. The molecule has 0 bridgehead atoms. The molecule has 1 aliphatic carbocycles. The Morgan fingerprint density at radius 2 is 2.14 bits per heavy atom.